The first-order chi connectivity index (χ1) is 34.4. The van der Waals surface area contributed by atoms with Crippen LogP contribution in [0.1, 0.15) is 232 Å². The highest BCUT2D eigenvalue weighted by Crippen LogP contribution is 2.15. The molecule has 0 spiro atoms. The highest BCUT2D eigenvalue weighted by Gasteiger charge is 2.28. The van der Waals surface area contributed by atoms with Crippen LogP contribution in [0.15, 0.2) is 0 Å². The SMILES string of the molecule is CCCCCCCCOC(=O)CCCCCCCOCC(OC(=S)NCCCCN1CCCCC1)C(COCCCCCCCC(=O)OCCCCCCCC)OC(=S)NCCCCN1CCCCC1. The number of nitrogens with one attached hydrogen (secondary N) is 2. The van der Waals surface area contributed by atoms with Crippen LogP contribution in [0.4, 0.5) is 0 Å². The van der Waals surface area contributed by atoms with Gasteiger partial charge in [-0.15, -0.1) is 0 Å². The lowest BCUT2D eigenvalue weighted by Crippen LogP contribution is -2.45. The second-order valence-corrected chi connectivity index (χ2v) is 20.9. The van der Waals surface area contributed by atoms with Crippen LogP contribution in [0.3, 0.4) is 0 Å². The van der Waals surface area contributed by atoms with Gasteiger partial charge in [0.05, 0.1) is 26.4 Å². The third-order valence-corrected chi connectivity index (χ3v) is 14.1. The second kappa shape index (κ2) is 48.1. The van der Waals surface area contributed by atoms with Gasteiger partial charge in [0.2, 0.25) is 0 Å². The Morgan fingerprint density at radius 1 is 0.429 bits per heavy atom. The van der Waals surface area contributed by atoms with E-state index < -0.39 is 12.2 Å². The highest BCUT2D eigenvalue weighted by atomic mass is 32.1. The van der Waals surface area contributed by atoms with Gasteiger partial charge in [-0.25, -0.2) is 0 Å². The van der Waals surface area contributed by atoms with Crippen molar-refractivity contribution in [3.8, 4) is 0 Å². The number of thiocarbonyl (C=S) groups is 2. The van der Waals surface area contributed by atoms with Gasteiger partial charge in [0.15, 0.2) is 12.2 Å². The molecule has 2 aliphatic rings. The van der Waals surface area contributed by atoms with E-state index in [2.05, 4.69) is 34.3 Å². The van der Waals surface area contributed by atoms with Crippen LogP contribution in [-0.4, -0.2) is 136 Å². The maximum Gasteiger partial charge on any atom is 0.305 e. The molecule has 2 unspecified atom stereocenters. The van der Waals surface area contributed by atoms with Gasteiger partial charge in [-0.1, -0.05) is 129 Å². The second-order valence-electron chi connectivity index (χ2n) is 20.1. The fourth-order valence-corrected chi connectivity index (χ4v) is 9.60. The molecule has 2 rings (SSSR count). The largest absolute Gasteiger partial charge is 0.466 e. The van der Waals surface area contributed by atoms with Crippen molar-refractivity contribution in [2.75, 3.05) is 92.0 Å². The summed E-state index contributed by atoms with van der Waals surface area (Å²) in [4.78, 5) is 29.5. The van der Waals surface area contributed by atoms with Crippen molar-refractivity contribution in [1.82, 2.24) is 20.4 Å². The predicted octanol–water partition coefficient (Wildman–Crippen LogP) is 12.6. The highest BCUT2D eigenvalue weighted by molar-refractivity contribution is 7.80. The van der Waals surface area contributed by atoms with Gasteiger partial charge in [0.1, 0.15) is 0 Å². The lowest BCUT2D eigenvalue weighted by molar-refractivity contribution is -0.144. The molecule has 12 nitrogen and oxygen atoms in total. The van der Waals surface area contributed by atoms with Gasteiger partial charge in [0, 0.05) is 39.1 Å². The van der Waals surface area contributed by atoms with Crippen molar-refractivity contribution < 1.29 is 38.0 Å². The number of piperidine rings is 2. The van der Waals surface area contributed by atoms with Crippen LogP contribution in [0.5, 0.6) is 0 Å². The number of nitrogens with zero attached hydrogens (tertiary/aromatic N) is 2. The van der Waals surface area contributed by atoms with E-state index in [1.54, 1.807) is 0 Å². The summed E-state index contributed by atoms with van der Waals surface area (Å²) in [7, 11) is 0. The molecule has 2 aliphatic heterocycles. The number of rotatable bonds is 47. The molecule has 410 valence electrons. The van der Waals surface area contributed by atoms with Gasteiger partial charge < -0.3 is 48.9 Å². The van der Waals surface area contributed by atoms with Crippen molar-refractivity contribution in [2.45, 2.75) is 244 Å². The molecule has 0 radical (unpaired) electrons. The molecule has 0 aliphatic carbocycles. The zero-order valence-corrected chi connectivity index (χ0v) is 46.7. The summed E-state index contributed by atoms with van der Waals surface area (Å²) < 4.78 is 36.4. The minimum absolute atomic E-state index is 0.0689. The zero-order valence-electron chi connectivity index (χ0n) is 45.1. The Kier molecular flexibility index (Phi) is 44.2. The molecule has 14 heteroatoms. The summed E-state index contributed by atoms with van der Waals surface area (Å²) >= 11 is 11.5. The summed E-state index contributed by atoms with van der Waals surface area (Å²) in [6.07, 6.45) is 36.0. The molecule has 2 heterocycles. The summed E-state index contributed by atoms with van der Waals surface area (Å²) in [5.74, 6) is -0.138. The molecule has 0 aromatic carbocycles. The molecule has 0 saturated carbocycles. The molecule has 2 saturated heterocycles. The minimum Gasteiger partial charge on any atom is -0.466 e. The van der Waals surface area contributed by atoms with Gasteiger partial charge in [-0.3, -0.25) is 9.59 Å². The van der Waals surface area contributed by atoms with Crippen LogP contribution in [0, 0.1) is 0 Å². The van der Waals surface area contributed by atoms with Crippen molar-refractivity contribution in [1.29, 1.82) is 0 Å². The van der Waals surface area contributed by atoms with E-state index in [4.69, 9.17) is 52.9 Å². The number of ether oxygens (including phenoxy) is 6. The Morgan fingerprint density at radius 2 is 0.771 bits per heavy atom. The van der Waals surface area contributed by atoms with Gasteiger partial charge in [-0.2, -0.15) is 0 Å². The molecular formula is C56H106N4O8S2. The standard InChI is InChI=1S/C56H106N4O8S2/c1-3-5-7-9-17-33-47-65-53(61)35-21-13-11-15-31-45-63-49-51(67-55(69)57-37-23-29-43-59-39-25-19-26-40-59)52(68-56(70)58-38-24-30-44-60-41-27-20-28-42-60)50-64-46-32-16-12-14-22-36-54(62)66-48-34-18-10-8-6-4-2/h51-52H,3-50H2,1-2H3,(H,57,69)(H,58,70). The Balaban J connectivity index is 1.85. The molecule has 0 aromatic rings. The van der Waals surface area contributed by atoms with E-state index in [1.807, 2.05) is 0 Å². The van der Waals surface area contributed by atoms with Crippen molar-refractivity contribution in [3.63, 3.8) is 0 Å². The van der Waals surface area contributed by atoms with Crippen LogP contribution in [0.2, 0.25) is 0 Å². The van der Waals surface area contributed by atoms with Crippen LogP contribution in [-0.2, 0) is 38.0 Å². The fraction of sp³-hybridized carbons (Fsp3) is 0.929. The molecule has 0 bridgehead atoms. The van der Waals surface area contributed by atoms with E-state index in [0.29, 0.717) is 49.6 Å². The number of hydrogen-bond acceptors (Lipinski definition) is 12. The fourth-order valence-electron chi connectivity index (χ4n) is 9.15. The Labute approximate surface area is 439 Å². The maximum absolute atomic E-state index is 12.2. The van der Waals surface area contributed by atoms with E-state index in [0.717, 1.165) is 142 Å². The summed E-state index contributed by atoms with van der Waals surface area (Å²) in [5, 5.41) is 7.38. The Hall–Kier alpha value is -1.84. The minimum atomic E-state index is -0.532. The number of hydrogen-bond donors (Lipinski definition) is 2. The average molecular weight is 1030 g/mol. The number of esters is 2. The number of carbonyl (C=O) groups excluding carboxylic acids is 2. The molecule has 0 aromatic heterocycles. The Morgan fingerprint density at radius 3 is 1.16 bits per heavy atom. The van der Waals surface area contributed by atoms with E-state index in [9.17, 15) is 9.59 Å². The summed E-state index contributed by atoms with van der Waals surface area (Å²) in [5.41, 5.74) is 0. The number of carbonyl (C=O) groups is 2. The molecule has 2 fully saturated rings. The summed E-state index contributed by atoms with van der Waals surface area (Å²) in [6.45, 7) is 15.9. The van der Waals surface area contributed by atoms with Crippen LogP contribution in [0.25, 0.3) is 0 Å². The van der Waals surface area contributed by atoms with E-state index in [-0.39, 0.29) is 25.2 Å². The quantitative estimate of drug-likeness (QED) is 0.0342. The maximum atomic E-state index is 12.2. The molecular weight excluding hydrogens is 921 g/mol. The first-order valence-electron chi connectivity index (χ1n) is 29.2. The monoisotopic (exact) mass is 1030 g/mol. The van der Waals surface area contributed by atoms with Crippen LogP contribution < -0.4 is 10.6 Å². The normalized spacial score (nSPS) is 15.3. The Bertz CT molecular complexity index is 1150. The van der Waals surface area contributed by atoms with Crippen molar-refractivity contribution in [3.05, 3.63) is 0 Å². The lowest BCUT2D eigenvalue weighted by Gasteiger charge is -2.29. The van der Waals surface area contributed by atoms with Gasteiger partial charge in [-0.05, 0) is 154 Å². The first-order valence-corrected chi connectivity index (χ1v) is 30.0. The smallest absolute Gasteiger partial charge is 0.305 e. The molecule has 70 heavy (non-hydrogen) atoms. The van der Waals surface area contributed by atoms with E-state index >= 15 is 0 Å². The predicted molar refractivity (Wildman–Crippen MR) is 296 cm³/mol. The number of unbranched alkanes of at least 4 members (excludes halogenated alkanes) is 20. The average Bonchev–Trinajstić information content (AvgIpc) is 3.36. The third kappa shape index (κ3) is 39.7. The third-order valence-electron chi connectivity index (χ3n) is 13.6. The first kappa shape index (κ1) is 64.3. The lowest BCUT2D eigenvalue weighted by atomic mass is 10.1. The van der Waals surface area contributed by atoms with Crippen LogP contribution >= 0.6 is 24.4 Å². The molecule has 2 N–H and O–H groups in total. The molecule has 2 atom stereocenters. The number of likely N-dealkylation sites (tertiary alicyclic amines) is 2. The van der Waals surface area contributed by atoms with Crippen molar-refractivity contribution >= 4 is 46.7 Å². The summed E-state index contributed by atoms with van der Waals surface area (Å²) in [6, 6.07) is 0. The molecule has 0 amide bonds. The zero-order chi connectivity index (χ0) is 50.2. The van der Waals surface area contributed by atoms with Crippen molar-refractivity contribution in [2.24, 2.45) is 0 Å². The van der Waals surface area contributed by atoms with E-state index in [1.165, 1.54) is 116 Å². The van der Waals surface area contributed by atoms with Gasteiger partial charge >= 0.3 is 11.9 Å². The topological polar surface area (TPSA) is 120 Å². The van der Waals surface area contributed by atoms with Gasteiger partial charge in [0.25, 0.3) is 10.3 Å².